The van der Waals surface area contributed by atoms with Gasteiger partial charge in [-0.15, -0.1) is 0 Å². The van der Waals surface area contributed by atoms with Gasteiger partial charge in [-0.05, 0) is 19.4 Å². The Morgan fingerprint density at radius 3 is 2.50 bits per heavy atom. The van der Waals surface area contributed by atoms with E-state index in [1.165, 1.54) is 46.1 Å². The number of carbonyl (C=O) groups excluding carboxylic acids is 2. The van der Waals surface area contributed by atoms with Crippen molar-refractivity contribution >= 4 is 22.8 Å². The van der Waals surface area contributed by atoms with Crippen molar-refractivity contribution in [2.24, 2.45) is 0 Å². The van der Waals surface area contributed by atoms with Crippen LogP contribution in [0.15, 0.2) is 27.4 Å². The van der Waals surface area contributed by atoms with Crippen LogP contribution in [-0.2, 0) is 9.59 Å². The Hall–Kier alpha value is -3.14. The summed E-state index contributed by atoms with van der Waals surface area (Å²) in [5.74, 6) is 0.0860. The van der Waals surface area contributed by atoms with Crippen LogP contribution in [0.3, 0.4) is 0 Å². The SMILES string of the molecule is COc1ccc([C@H](CC(=O)N[C@@H]2CCSC2=O)c2c(O)cc(C)oc2=O)c(OC)c1OC. The van der Waals surface area contributed by atoms with Gasteiger partial charge >= 0.3 is 5.63 Å². The fraction of sp³-hybridized carbons (Fsp3) is 0.409. The van der Waals surface area contributed by atoms with Crippen molar-refractivity contribution in [2.75, 3.05) is 27.1 Å². The molecule has 1 saturated heterocycles. The lowest BCUT2D eigenvalue weighted by atomic mass is 9.87. The van der Waals surface area contributed by atoms with E-state index in [-0.39, 0.29) is 40.1 Å². The average Bonchev–Trinajstić information content (AvgIpc) is 3.15. The molecular weight excluding hydrogens is 438 g/mol. The van der Waals surface area contributed by atoms with Gasteiger partial charge in [0.05, 0.1) is 32.9 Å². The van der Waals surface area contributed by atoms with Gasteiger partial charge in [-0.2, -0.15) is 0 Å². The Bertz CT molecular complexity index is 1080. The number of rotatable bonds is 8. The van der Waals surface area contributed by atoms with E-state index in [1.807, 2.05) is 0 Å². The largest absolute Gasteiger partial charge is 0.507 e. The molecule has 0 unspecified atom stereocenters. The van der Waals surface area contributed by atoms with E-state index in [0.717, 1.165) is 0 Å². The van der Waals surface area contributed by atoms with E-state index in [2.05, 4.69) is 5.32 Å². The molecule has 1 aromatic carbocycles. The Morgan fingerprint density at radius 1 is 1.22 bits per heavy atom. The molecule has 10 heteroatoms. The minimum atomic E-state index is -0.939. The third-order valence-corrected chi connectivity index (χ3v) is 6.22. The Labute approximate surface area is 189 Å². The number of ether oxygens (including phenoxy) is 3. The zero-order valence-corrected chi connectivity index (χ0v) is 19.0. The topological polar surface area (TPSA) is 124 Å². The maximum atomic E-state index is 12.9. The van der Waals surface area contributed by atoms with Crippen molar-refractivity contribution in [1.82, 2.24) is 5.32 Å². The predicted molar refractivity (Wildman–Crippen MR) is 118 cm³/mol. The summed E-state index contributed by atoms with van der Waals surface area (Å²) in [6.45, 7) is 1.53. The molecule has 2 aromatic rings. The lowest BCUT2D eigenvalue weighted by Gasteiger charge is -2.23. The van der Waals surface area contributed by atoms with Crippen LogP contribution < -0.4 is 25.2 Å². The van der Waals surface area contributed by atoms with Gasteiger partial charge in [0.1, 0.15) is 11.5 Å². The summed E-state index contributed by atoms with van der Waals surface area (Å²) >= 11 is 1.17. The van der Waals surface area contributed by atoms with Crippen LogP contribution in [0.2, 0.25) is 0 Å². The normalized spacial score (nSPS) is 16.5. The monoisotopic (exact) mass is 463 g/mol. The molecule has 0 bridgehead atoms. The third-order valence-electron chi connectivity index (χ3n) is 5.21. The number of amides is 1. The molecule has 1 amide bonds. The van der Waals surface area contributed by atoms with Gasteiger partial charge in [-0.1, -0.05) is 17.8 Å². The first-order chi connectivity index (χ1) is 15.3. The van der Waals surface area contributed by atoms with E-state index in [0.29, 0.717) is 23.5 Å². The number of carbonyl (C=O) groups is 2. The van der Waals surface area contributed by atoms with Crippen LogP contribution in [0.1, 0.15) is 35.6 Å². The molecule has 2 heterocycles. The Kier molecular flexibility index (Phi) is 7.34. The number of nitrogens with one attached hydrogen (secondary N) is 1. The molecular formula is C22H25NO8S. The van der Waals surface area contributed by atoms with E-state index >= 15 is 0 Å². The van der Waals surface area contributed by atoms with Crippen molar-refractivity contribution < 1.29 is 33.3 Å². The van der Waals surface area contributed by atoms with Crippen molar-refractivity contribution in [3.05, 3.63) is 45.5 Å². The molecule has 3 rings (SSSR count). The summed E-state index contributed by atoms with van der Waals surface area (Å²) in [6.07, 6.45) is 0.305. The highest BCUT2D eigenvalue weighted by molar-refractivity contribution is 8.14. The molecule has 1 aromatic heterocycles. The van der Waals surface area contributed by atoms with Crippen LogP contribution >= 0.6 is 11.8 Å². The number of hydrogen-bond acceptors (Lipinski definition) is 9. The molecule has 0 spiro atoms. The zero-order valence-electron chi connectivity index (χ0n) is 18.2. The number of aryl methyl sites for hydroxylation is 1. The molecule has 9 nitrogen and oxygen atoms in total. The second-order valence-corrected chi connectivity index (χ2v) is 8.30. The first kappa shape index (κ1) is 23.5. The molecule has 1 fully saturated rings. The highest BCUT2D eigenvalue weighted by Crippen LogP contribution is 2.45. The molecule has 32 heavy (non-hydrogen) atoms. The lowest BCUT2D eigenvalue weighted by molar-refractivity contribution is -0.124. The highest BCUT2D eigenvalue weighted by atomic mass is 32.2. The van der Waals surface area contributed by atoms with E-state index < -0.39 is 23.5 Å². The molecule has 2 N–H and O–H groups in total. The predicted octanol–water partition coefficient (Wildman–Crippen LogP) is 2.35. The molecule has 1 aliphatic rings. The first-order valence-electron chi connectivity index (χ1n) is 9.89. The highest BCUT2D eigenvalue weighted by Gasteiger charge is 2.33. The first-order valence-corrected chi connectivity index (χ1v) is 10.9. The molecule has 0 radical (unpaired) electrons. The fourth-order valence-electron chi connectivity index (χ4n) is 3.76. The van der Waals surface area contributed by atoms with E-state index in [9.17, 15) is 19.5 Å². The van der Waals surface area contributed by atoms with Crippen molar-refractivity contribution in [1.29, 1.82) is 0 Å². The summed E-state index contributed by atoms with van der Waals surface area (Å²) in [7, 11) is 4.33. The second-order valence-electron chi connectivity index (χ2n) is 7.20. The van der Waals surface area contributed by atoms with Gasteiger partial charge in [0.2, 0.25) is 16.8 Å². The Morgan fingerprint density at radius 2 is 1.94 bits per heavy atom. The summed E-state index contributed by atoms with van der Waals surface area (Å²) < 4.78 is 21.5. The molecule has 0 saturated carbocycles. The summed E-state index contributed by atoms with van der Waals surface area (Å²) in [6, 6.07) is 3.98. The quantitative estimate of drug-likeness (QED) is 0.607. The number of benzene rings is 1. The summed E-state index contributed by atoms with van der Waals surface area (Å²) in [5, 5.41) is 13.2. The number of thioether (sulfide) groups is 1. The number of methoxy groups -OCH3 is 3. The standard InChI is InChI=1S/C22H25NO8S/c1-11-9-15(24)18(21(26)31-11)13(10-17(25)23-14-7-8-32-22(14)27)12-5-6-16(28-2)20(30-4)19(12)29-3/h5-6,9,13-14,24H,7-8,10H2,1-4H3,(H,23,25)/t13-,14+/m0/s1. The van der Waals surface area contributed by atoms with Crippen LogP contribution in [0.4, 0.5) is 0 Å². The Balaban J connectivity index is 2.11. The van der Waals surface area contributed by atoms with Crippen molar-refractivity contribution in [3.8, 4) is 23.0 Å². The average molecular weight is 464 g/mol. The number of hydrogen-bond donors (Lipinski definition) is 2. The van der Waals surface area contributed by atoms with Gasteiger partial charge in [0.25, 0.3) is 0 Å². The van der Waals surface area contributed by atoms with Crippen molar-refractivity contribution in [2.45, 2.75) is 31.7 Å². The van der Waals surface area contributed by atoms with Gasteiger partial charge in [-0.3, -0.25) is 9.59 Å². The minimum Gasteiger partial charge on any atom is -0.507 e. The van der Waals surface area contributed by atoms with Crippen molar-refractivity contribution in [3.63, 3.8) is 0 Å². The molecule has 2 atom stereocenters. The molecule has 172 valence electrons. The van der Waals surface area contributed by atoms with Gasteiger partial charge in [0, 0.05) is 29.7 Å². The lowest BCUT2D eigenvalue weighted by Crippen LogP contribution is -2.38. The fourth-order valence-corrected chi connectivity index (χ4v) is 4.69. The smallest absolute Gasteiger partial charge is 0.343 e. The van der Waals surface area contributed by atoms with E-state index in [1.54, 1.807) is 12.1 Å². The van der Waals surface area contributed by atoms with E-state index in [4.69, 9.17) is 18.6 Å². The minimum absolute atomic E-state index is 0.0941. The van der Waals surface area contributed by atoms with Crippen LogP contribution in [-0.4, -0.2) is 49.3 Å². The maximum Gasteiger partial charge on any atom is 0.343 e. The van der Waals surface area contributed by atoms with Crippen LogP contribution in [0.25, 0.3) is 0 Å². The second kappa shape index (κ2) is 9.99. The molecule has 0 aliphatic carbocycles. The maximum absolute atomic E-state index is 12.9. The molecule has 1 aliphatic heterocycles. The summed E-state index contributed by atoms with van der Waals surface area (Å²) in [5.41, 5.74) is -0.452. The third kappa shape index (κ3) is 4.69. The van der Waals surface area contributed by atoms with Gasteiger partial charge < -0.3 is 29.1 Å². The van der Waals surface area contributed by atoms with Gasteiger partial charge in [0.15, 0.2) is 11.5 Å². The van der Waals surface area contributed by atoms with Crippen LogP contribution in [0, 0.1) is 6.92 Å². The zero-order chi connectivity index (χ0) is 23.4. The van der Waals surface area contributed by atoms with Gasteiger partial charge in [-0.25, -0.2) is 4.79 Å². The number of aromatic hydroxyl groups is 1. The van der Waals surface area contributed by atoms with Crippen LogP contribution in [0.5, 0.6) is 23.0 Å². The summed E-state index contributed by atoms with van der Waals surface area (Å²) in [4.78, 5) is 37.5.